The molecule has 0 fully saturated rings. The van der Waals surface area contributed by atoms with Crippen molar-refractivity contribution in [1.82, 2.24) is 15.2 Å². The van der Waals surface area contributed by atoms with E-state index < -0.39 is 5.97 Å². The zero-order valence-corrected chi connectivity index (χ0v) is 12.3. The van der Waals surface area contributed by atoms with Gasteiger partial charge in [0.25, 0.3) is 0 Å². The molecule has 1 heterocycles. The van der Waals surface area contributed by atoms with Crippen LogP contribution < -0.4 is 5.11 Å². The molecule has 0 aliphatic carbocycles. The number of rotatable bonds is 4. The number of halogens is 1. The van der Waals surface area contributed by atoms with Gasteiger partial charge in [0, 0.05) is 9.38 Å². The molecule has 0 bridgehead atoms. The third-order valence-corrected chi connectivity index (χ3v) is 3.55. The maximum atomic E-state index is 11.1. The maximum Gasteiger partial charge on any atom is 0.213 e. The second-order valence-corrected chi connectivity index (χ2v) is 5.58. The summed E-state index contributed by atoms with van der Waals surface area (Å²) in [6.07, 6.45) is 1.53. The Balaban J connectivity index is 2.24. The average molecular weight is 339 g/mol. The number of aliphatic carboxylic acids is 1. The van der Waals surface area contributed by atoms with Gasteiger partial charge in [0.05, 0.1) is 5.97 Å². The van der Waals surface area contributed by atoms with Crippen LogP contribution in [0.5, 0.6) is 0 Å². The van der Waals surface area contributed by atoms with Crippen molar-refractivity contribution in [3.63, 3.8) is 0 Å². The first-order valence-electron chi connectivity index (χ1n) is 5.30. The molecule has 1 N–H and O–H groups in total. The number of carboxylic acid groups (broad SMARTS) is 1. The molecule has 0 spiro atoms. The van der Waals surface area contributed by atoms with Crippen molar-refractivity contribution in [3.8, 4) is 0 Å². The predicted octanol–water partition coefficient (Wildman–Crippen LogP) is 1.76. The van der Waals surface area contributed by atoms with Crippen molar-refractivity contribution in [1.29, 1.82) is 0 Å². The number of aromatic nitrogens is 3. The van der Waals surface area contributed by atoms with Crippen LogP contribution in [0.15, 0.2) is 38.8 Å². The van der Waals surface area contributed by atoms with Gasteiger partial charge in [-0.05, 0) is 42.5 Å². The van der Waals surface area contributed by atoms with Gasteiger partial charge in [-0.2, -0.15) is 0 Å². The summed E-state index contributed by atoms with van der Waals surface area (Å²) < 4.78 is 0.928. The molecule has 98 valence electrons. The molecule has 0 aliphatic rings. The lowest BCUT2D eigenvalue weighted by molar-refractivity contribution is -0.297. The summed E-state index contributed by atoms with van der Waals surface area (Å²) in [5.41, 5.74) is 0.766. The highest BCUT2D eigenvalue weighted by atomic mass is 79.9. The van der Waals surface area contributed by atoms with Gasteiger partial charge >= 0.3 is 0 Å². The standard InChI is InChI=1S/C12H10BrN3O2S/c1-7-14-12(16-15-7)19-10(11(17)18)6-8-2-4-9(13)5-3-8/h2-6H,1H3,(H,17,18)(H,14,15,16)/p-1/b10-6+. The lowest BCUT2D eigenvalue weighted by Crippen LogP contribution is -2.23. The molecule has 0 amide bonds. The Morgan fingerprint density at radius 3 is 2.63 bits per heavy atom. The normalized spacial score (nSPS) is 11.6. The third kappa shape index (κ3) is 3.93. The highest BCUT2D eigenvalue weighted by Crippen LogP contribution is 2.25. The molecule has 2 aromatic rings. The molecule has 0 saturated heterocycles. The number of carboxylic acids is 1. The number of hydrogen-bond acceptors (Lipinski definition) is 5. The van der Waals surface area contributed by atoms with E-state index in [2.05, 4.69) is 31.1 Å². The van der Waals surface area contributed by atoms with E-state index in [1.807, 2.05) is 12.1 Å². The molecule has 1 aromatic heterocycles. The topological polar surface area (TPSA) is 81.7 Å². The van der Waals surface area contributed by atoms with Crippen LogP contribution >= 0.6 is 27.7 Å². The van der Waals surface area contributed by atoms with Crippen molar-refractivity contribution in [2.45, 2.75) is 12.1 Å². The van der Waals surface area contributed by atoms with Crippen LogP contribution in [-0.2, 0) is 4.79 Å². The Bertz CT molecular complexity index is 622. The van der Waals surface area contributed by atoms with Crippen LogP contribution in [0, 0.1) is 6.92 Å². The van der Waals surface area contributed by atoms with Crippen molar-refractivity contribution >= 4 is 39.7 Å². The van der Waals surface area contributed by atoms with E-state index in [1.165, 1.54) is 6.08 Å². The first-order valence-corrected chi connectivity index (χ1v) is 6.91. The van der Waals surface area contributed by atoms with Gasteiger partial charge in [-0.1, -0.05) is 28.1 Å². The lowest BCUT2D eigenvalue weighted by Gasteiger charge is -2.05. The average Bonchev–Trinajstić information content (AvgIpc) is 2.76. The zero-order valence-electron chi connectivity index (χ0n) is 9.88. The number of carbonyl (C=O) groups is 1. The van der Waals surface area contributed by atoms with E-state index in [0.717, 1.165) is 21.8 Å². The summed E-state index contributed by atoms with van der Waals surface area (Å²) in [5.74, 6) is -0.626. The van der Waals surface area contributed by atoms with Gasteiger partial charge in [0.15, 0.2) is 0 Å². The monoisotopic (exact) mass is 338 g/mol. The third-order valence-electron chi connectivity index (χ3n) is 2.15. The summed E-state index contributed by atoms with van der Waals surface area (Å²) >= 11 is 4.27. The van der Waals surface area contributed by atoms with Gasteiger partial charge in [0.1, 0.15) is 5.82 Å². The smallest absolute Gasteiger partial charge is 0.213 e. The fourth-order valence-electron chi connectivity index (χ4n) is 1.31. The molecule has 0 saturated carbocycles. The zero-order chi connectivity index (χ0) is 13.8. The van der Waals surface area contributed by atoms with Gasteiger partial charge in [0.2, 0.25) is 5.16 Å². The van der Waals surface area contributed by atoms with E-state index in [0.29, 0.717) is 11.0 Å². The minimum Gasteiger partial charge on any atom is -0.544 e. The Kier molecular flexibility index (Phi) is 4.39. The molecule has 5 nitrogen and oxygen atoms in total. The minimum atomic E-state index is -1.25. The summed E-state index contributed by atoms with van der Waals surface area (Å²) in [7, 11) is 0. The van der Waals surface area contributed by atoms with Gasteiger partial charge in [-0.3, -0.25) is 5.10 Å². The molecule has 0 aliphatic heterocycles. The molecule has 7 heteroatoms. The Morgan fingerprint density at radius 1 is 1.42 bits per heavy atom. The highest BCUT2D eigenvalue weighted by molar-refractivity contribution is 9.10. The molecular weight excluding hydrogens is 330 g/mol. The van der Waals surface area contributed by atoms with Crippen molar-refractivity contribution < 1.29 is 9.90 Å². The molecule has 0 radical (unpaired) electrons. The molecule has 2 rings (SSSR count). The van der Waals surface area contributed by atoms with Crippen molar-refractivity contribution in [2.24, 2.45) is 0 Å². The molecular formula is C12H9BrN3O2S-. The Hall–Kier alpha value is -1.60. The molecule has 0 atom stereocenters. The summed E-state index contributed by atoms with van der Waals surface area (Å²) in [5, 5.41) is 18.0. The van der Waals surface area contributed by atoms with Crippen LogP contribution in [0.3, 0.4) is 0 Å². The number of aromatic amines is 1. The van der Waals surface area contributed by atoms with Crippen LogP contribution in [-0.4, -0.2) is 21.2 Å². The fourth-order valence-corrected chi connectivity index (χ4v) is 2.32. The first kappa shape index (κ1) is 13.8. The molecule has 1 aromatic carbocycles. The van der Waals surface area contributed by atoms with Gasteiger partial charge < -0.3 is 9.90 Å². The summed E-state index contributed by atoms with van der Waals surface area (Å²) in [6, 6.07) is 7.27. The van der Waals surface area contributed by atoms with E-state index in [4.69, 9.17) is 0 Å². The van der Waals surface area contributed by atoms with E-state index in [1.54, 1.807) is 19.1 Å². The first-order chi connectivity index (χ1) is 9.04. The Morgan fingerprint density at radius 2 is 2.11 bits per heavy atom. The predicted molar refractivity (Wildman–Crippen MR) is 74.1 cm³/mol. The number of thioether (sulfide) groups is 1. The van der Waals surface area contributed by atoms with Crippen molar-refractivity contribution in [3.05, 3.63) is 45.0 Å². The number of H-pyrrole nitrogens is 1. The van der Waals surface area contributed by atoms with Crippen LogP contribution in [0.1, 0.15) is 11.4 Å². The molecule has 0 unspecified atom stereocenters. The number of hydrogen-bond donors (Lipinski definition) is 1. The fraction of sp³-hybridized carbons (Fsp3) is 0.0833. The van der Waals surface area contributed by atoms with Gasteiger partial charge in [-0.25, -0.2) is 4.98 Å². The van der Waals surface area contributed by atoms with E-state index in [9.17, 15) is 9.90 Å². The van der Waals surface area contributed by atoms with Crippen LogP contribution in [0.2, 0.25) is 0 Å². The van der Waals surface area contributed by atoms with E-state index >= 15 is 0 Å². The van der Waals surface area contributed by atoms with Crippen molar-refractivity contribution in [2.75, 3.05) is 0 Å². The quantitative estimate of drug-likeness (QED) is 0.678. The number of nitrogens with zero attached hydrogens (tertiary/aromatic N) is 2. The molecule has 19 heavy (non-hydrogen) atoms. The summed E-state index contributed by atoms with van der Waals surface area (Å²) in [6.45, 7) is 1.74. The maximum absolute atomic E-state index is 11.1. The second kappa shape index (κ2) is 6.03. The highest BCUT2D eigenvalue weighted by Gasteiger charge is 2.07. The van der Waals surface area contributed by atoms with Crippen LogP contribution in [0.4, 0.5) is 0 Å². The SMILES string of the molecule is Cc1nc(S/C(=C/c2ccc(Br)cc2)C(=O)[O-])n[nH]1. The van der Waals surface area contributed by atoms with E-state index in [-0.39, 0.29) is 4.91 Å². The largest absolute Gasteiger partial charge is 0.544 e. The number of nitrogens with one attached hydrogen (secondary N) is 1. The number of carbonyl (C=O) groups excluding carboxylic acids is 1. The van der Waals surface area contributed by atoms with Crippen LogP contribution in [0.25, 0.3) is 6.08 Å². The lowest BCUT2D eigenvalue weighted by atomic mass is 10.2. The number of benzene rings is 1. The summed E-state index contributed by atoms with van der Waals surface area (Å²) in [4.78, 5) is 15.2. The Labute approximate surface area is 122 Å². The number of aryl methyl sites for hydroxylation is 1. The second-order valence-electron chi connectivity index (χ2n) is 3.65. The van der Waals surface area contributed by atoms with Gasteiger partial charge in [-0.15, -0.1) is 5.10 Å². The minimum absolute atomic E-state index is 0.0568.